The van der Waals surface area contributed by atoms with Gasteiger partial charge in [0.05, 0.1) is 25.4 Å². The molecule has 0 aromatic carbocycles. The van der Waals surface area contributed by atoms with E-state index in [0.29, 0.717) is 13.2 Å². The predicted octanol–water partition coefficient (Wildman–Crippen LogP) is 1.16. The van der Waals surface area contributed by atoms with Crippen LogP contribution in [0.2, 0.25) is 0 Å². The monoisotopic (exact) mass is 201 g/mol. The van der Waals surface area contributed by atoms with Gasteiger partial charge in [-0.05, 0) is 18.9 Å². The summed E-state index contributed by atoms with van der Waals surface area (Å²) in [7, 11) is 0. The first-order valence-electron chi connectivity index (χ1n) is 5.69. The van der Waals surface area contributed by atoms with Crippen molar-refractivity contribution in [3.05, 3.63) is 0 Å². The summed E-state index contributed by atoms with van der Waals surface area (Å²) in [5.41, 5.74) is 0. The summed E-state index contributed by atoms with van der Waals surface area (Å²) in [5, 5.41) is 12.8. The SMILES string of the molecule is CC(C)CCCCNC1COCC1O. The zero-order valence-electron chi connectivity index (χ0n) is 9.33. The highest BCUT2D eigenvalue weighted by molar-refractivity contribution is 4.80. The highest BCUT2D eigenvalue weighted by atomic mass is 16.5. The highest BCUT2D eigenvalue weighted by Gasteiger charge is 2.24. The molecule has 0 aliphatic carbocycles. The van der Waals surface area contributed by atoms with Crippen LogP contribution in [0.1, 0.15) is 33.1 Å². The van der Waals surface area contributed by atoms with Gasteiger partial charge in [0.25, 0.3) is 0 Å². The van der Waals surface area contributed by atoms with Crippen molar-refractivity contribution in [1.82, 2.24) is 5.32 Å². The molecule has 1 fully saturated rings. The predicted molar refractivity (Wildman–Crippen MR) is 57.3 cm³/mol. The molecule has 2 atom stereocenters. The summed E-state index contributed by atoms with van der Waals surface area (Å²) in [4.78, 5) is 0. The number of rotatable bonds is 6. The lowest BCUT2D eigenvalue weighted by atomic mass is 10.1. The van der Waals surface area contributed by atoms with E-state index >= 15 is 0 Å². The number of hydrogen-bond donors (Lipinski definition) is 2. The lowest BCUT2D eigenvalue weighted by Gasteiger charge is -2.14. The minimum atomic E-state index is -0.305. The van der Waals surface area contributed by atoms with Gasteiger partial charge in [-0.2, -0.15) is 0 Å². The Hall–Kier alpha value is -0.120. The standard InChI is InChI=1S/C11H23NO2/c1-9(2)5-3-4-6-12-10-7-14-8-11(10)13/h9-13H,3-8H2,1-2H3. The average Bonchev–Trinajstić information content (AvgIpc) is 2.51. The van der Waals surface area contributed by atoms with E-state index < -0.39 is 0 Å². The van der Waals surface area contributed by atoms with Gasteiger partial charge in [0.2, 0.25) is 0 Å². The Morgan fingerprint density at radius 2 is 2.14 bits per heavy atom. The van der Waals surface area contributed by atoms with Crippen LogP contribution >= 0.6 is 0 Å². The van der Waals surface area contributed by atoms with Crippen LogP contribution in [0.5, 0.6) is 0 Å². The second kappa shape index (κ2) is 6.38. The van der Waals surface area contributed by atoms with Gasteiger partial charge in [-0.1, -0.05) is 26.7 Å². The Bertz CT molecular complexity index is 150. The molecule has 14 heavy (non-hydrogen) atoms. The molecule has 1 saturated heterocycles. The van der Waals surface area contributed by atoms with Gasteiger partial charge >= 0.3 is 0 Å². The molecule has 0 aromatic rings. The minimum Gasteiger partial charge on any atom is -0.389 e. The number of nitrogens with one attached hydrogen (secondary N) is 1. The number of unbranched alkanes of at least 4 members (excludes halogenated alkanes) is 1. The first-order valence-corrected chi connectivity index (χ1v) is 5.69. The quantitative estimate of drug-likeness (QED) is 0.634. The smallest absolute Gasteiger partial charge is 0.0948 e. The van der Waals surface area contributed by atoms with Crippen molar-refractivity contribution < 1.29 is 9.84 Å². The normalized spacial score (nSPS) is 27.4. The molecule has 1 aliphatic rings. The molecule has 1 aliphatic heterocycles. The Balaban J connectivity index is 1.93. The first-order chi connectivity index (χ1) is 6.70. The lowest BCUT2D eigenvalue weighted by Crippen LogP contribution is -2.39. The van der Waals surface area contributed by atoms with Gasteiger partial charge in [0.1, 0.15) is 0 Å². The Morgan fingerprint density at radius 1 is 1.36 bits per heavy atom. The van der Waals surface area contributed by atoms with E-state index in [1.807, 2.05) is 0 Å². The highest BCUT2D eigenvalue weighted by Crippen LogP contribution is 2.07. The van der Waals surface area contributed by atoms with E-state index in [1.54, 1.807) is 0 Å². The third-order valence-electron chi connectivity index (χ3n) is 2.67. The zero-order valence-corrected chi connectivity index (χ0v) is 9.33. The molecule has 0 amide bonds. The van der Waals surface area contributed by atoms with Crippen LogP contribution in [0.4, 0.5) is 0 Å². The van der Waals surface area contributed by atoms with Gasteiger partial charge in [0, 0.05) is 0 Å². The zero-order chi connectivity index (χ0) is 10.4. The largest absolute Gasteiger partial charge is 0.389 e. The molecule has 0 bridgehead atoms. The number of aliphatic hydroxyl groups excluding tert-OH is 1. The van der Waals surface area contributed by atoms with E-state index in [4.69, 9.17) is 4.74 Å². The van der Waals surface area contributed by atoms with E-state index in [-0.39, 0.29) is 12.1 Å². The number of aliphatic hydroxyl groups is 1. The number of ether oxygens (including phenoxy) is 1. The van der Waals surface area contributed by atoms with Crippen molar-refractivity contribution in [2.75, 3.05) is 19.8 Å². The van der Waals surface area contributed by atoms with E-state index in [2.05, 4.69) is 19.2 Å². The molecular weight excluding hydrogens is 178 g/mol. The molecule has 2 unspecified atom stereocenters. The summed E-state index contributed by atoms with van der Waals surface area (Å²) >= 11 is 0. The maximum Gasteiger partial charge on any atom is 0.0948 e. The van der Waals surface area contributed by atoms with Crippen LogP contribution in [0, 0.1) is 5.92 Å². The second-order valence-electron chi connectivity index (χ2n) is 4.56. The van der Waals surface area contributed by atoms with Crippen molar-refractivity contribution in [1.29, 1.82) is 0 Å². The van der Waals surface area contributed by atoms with Gasteiger partial charge in [0.15, 0.2) is 0 Å². The molecule has 2 N–H and O–H groups in total. The van der Waals surface area contributed by atoms with Crippen molar-refractivity contribution in [2.45, 2.75) is 45.3 Å². The van der Waals surface area contributed by atoms with Crippen LogP contribution in [-0.4, -0.2) is 37.0 Å². The summed E-state index contributed by atoms with van der Waals surface area (Å²) in [6.07, 6.45) is 3.46. The average molecular weight is 201 g/mol. The van der Waals surface area contributed by atoms with Crippen LogP contribution in [0.15, 0.2) is 0 Å². The molecule has 0 spiro atoms. The summed E-state index contributed by atoms with van der Waals surface area (Å²) in [6, 6.07) is 0.161. The van der Waals surface area contributed by atoms with Crippen LogP contribution in [0.3, 0.4) is 0 Å². The van der Waals surface area contributed by atoms with E-state index in [0.717, 1.165) is 12.5 Å². The van der Waals surface area contributed by atoms with Crippen molar-refractivity contribution in [2.24, 2.45) is 5.92 Å². The fourth-order valence-electron chi connectivity index (χ4n) is 1.70. The minimum absolute atomic E-state index is 0.161. The fraction of sp³-hybridized carbons (Fsp3) is 1.00. The van der Waals surface area contributed by atoms with Crippen LogP contribution in [-0.2, 0) is 4.74 Å². The van der Waals surface area contributed by atoms with Crippen LogP contribution < -0.4 is 5.32 Å². The molecule has 3 nitrogen and oxygen atoms in total. The topological polar surface area (TPSA) is 41.5 Å². The molecule has 1 heterocycles. The van der Waals surface area contributed by atoms with Crippen molar-refractivity contribution in [3.8, 4) is 0 Å². The molecule has 3 heteroatoms. The molecule has 84 valence electrons. The van der Waals surface area contributed by atoms with Crippen LogP contribution in [0.25, 0.3) is 0 Å². The molecule has 0 saturated carbocycles. The fourth-order valence-corrected chi connectivity index (χ4v) is 1.70. The maximum atomic E-state index is 9.45. The lowest BCUT2D eigenvalue weighted by molar-refractivity contribution is 0.122. The van der Waals surface area contributed by atoms with E-state index in [1.165, 1.54) is 19.3 Å². The summed E-state index contributed by atoms with van der Waals surface area (Å²) < 4.78 is 5.15. The molecular formula is C11H23NO2. The third-order valence-corrected chi connectivity index (χ3v) is 2.67. The summed E-state index contributed by atoms with van der Waals surface area (Å²) in [5.74, 6) is 0.801. The van der Waals surface area contributed by atoms with E-state index in [9.17, 15) is 5.11 Å². The Labute approximate surface area is 86.8 Å². The first kappa shape index (κ1) is 12.0. The Morgan fingerprint density at radius 3 is 2.71 bits per heavy atom. The maximum absolute atomic E-state index is 9.45. The van der Waals surface area contributed by atoms with Crippen molar-refractivity contribution in [3.63, 3.8) is 0 Å². The number of hydrogen-bond acceptors (Lipinski definition) is 3. The Kier molecular flexibility index (Phi) is 5.45. The molecule has 0 radical (unpaired) electrons. The summed E-state index contributed by atoms with van der Waals surface area (Å²) in [6.45, 7) is 6.65. The van der Waals surface area contributed by atoms with Gasteiger partial charge in [-0.15, -0.1) is 0 Å². The third kappa shape index (κ3) is 4.40. The van der Waals surface area contributed by atoms with Crippen molar-refractivity contribution >= 4 is 0 Å². The molecule has 0 aromatic heterocycles. The van der Waals surface area contributed by atoms with Gasteiger partial charge in [-0.3, -0.25) is 0 Å². The van der Waals surface area contributed by atoms with Gasteiger partial charge < -0.3 is 15.2 Å². The molecule has 1 rings (SSSR count). The van der Waals surface area contributed by atoms with Gasteiger partial charge in [-0.25, -0.2) is 0 Å². The second-order valence-corrected chi connectivity index (χ2v) is 4.56.